The molecule has 0 rings (SSSR count). The first-order valence-electron chi connectivity index (χ1n) is 33.5. The summed E-state index contributed by atoms with van der Waals surface area (Å²) in [4.78, 5) is 24.6. The van der Waals surface area contributed by atoms with E-state index in [1.165, 1.54) is 302 Å². The monoisotopic (exact) mass is 1040 g/mol. The molecule has 0 aliphatic carbocycles. The van der Waals surface area contributed by atoms with E-state index in [1.807, 2.05) is 0 Å². The second-order valence-corrected chi connectivity index (χ2v) is 22.9. The van der Waals surface area contributed by atoms with Gasteiger partial charge in [-0.05, 0) is 51.4 Å². The molecule has 0 aromatic heterocycles. The van der Waals surface area contributed by atoms with Gasteiger partial charge in [-0.15, -0.1) is 0 Å². The Morgan fingerprint density at radius 2 is 0.541 bits per heavy atom. The first-order chi connectivity index (χ1) is 36.6. The van der Waals surface area contributed by atoms with E-state index in [2.05, 4.69) is 50.3 Å². The van der Waals surface area contributed by atoms with E-state index >= 15 is 0 Å². The van der Waals surface area contributed by atoms with Crippen molar-refractivity contribution in [3.8, 4) is 0 Å². The van der Waals surface area contributed by atoms with Crippen molar-refractivity contribution in [3.05, 3.63) is 36.5 Å². The number of allylic oxidation sites excluding steroid dienone is 6. The third-order valence-corrected chi connectivity index (χ3v) is 15.4. The maximum absolute atomic E-state index is 12.3. The highest BCUT2D eigenvalue weighted by atomic mass is 16.6. The molecule has 0 aliphatic rings. The highest BCUT2D eigenvalue weighted by Crippen LogP contribution is 2.19. The fourth-order valence-corrected chi connectivity index (χ4v) is 10.4. The smallest absolute Gasteiger partial charge is 0.306 e. The summed E-state index contributed by atoms with van der Waals surface area (Å²) in [6.07, 6.45) is 86.0. The number of esters is 2. The Balaban J connectivity index is 3.38. The summed E-state index contributed by atoms with van der Waals surface area (Å²) in [5, 5.41) is 9.68. The first kappa shape index (κ1) is 72.1. The number of unbranched alkanes of at least 4 members (excludes halogenated alkanes) is 49. The molecule has 1 unspecified atom stereocenters. The molecule has 436 valence electrons. The molecule has 5 heteroatoms. The number of ether oxygens (including phenoxy) is 2. The Kier molecular flexibility index (Phi) is 63.7. The molecular formula is C69H130O5. The summed E-state index contributed by atoms with van der Waals surface area (Å²) in [5.41, 5.74) is 0. The maximum Gasteiger partial charge on any atom is 0.306 e. The van der Waals surface area contributed by atoms with Gasteiger partial charge in [-0.3, -0.25) is 9.59 Å². The van der Waals surface area contributed by atoms with Crippen molar-refractivity contribution in [1.29, 1.82) is 0 Å². The van der Waals surface area contributed by atoms with Gasteiger partial charge in [0.2, 0.25) is 0 Å². The number of carbonyl (C=O) groups excluding carboxylic acids is 2. The van der Waals surface area contributed by atoms with Gasteiger partial charge < -0.3 is 14.6 Å². The molecule has 0 saturated heterocycles. The molecule has 0 spiro atoms. The van der Waals surface area contributed by atoms with Crippen molar-refractivity contribution in [2.75, 3.05) is 13.2 Å². The average Bonchev–Trinajstić information content (AvgIpc) is 3.40. The number of hydrogen-bond donors (Lipinski definition) is 1. The molecule has 0 saturated carbocycles. The zero-order chi connectivity index (χ0) is 53.4. The molecule has 0 radical (unpaired) electrons. The third-order valence-electron chi connectivity index (χ3n) is 15.4. The Morgan fingerprint density at radius 1 is 0.311 bits per heavy atom. The highest BCUT2D eigenvalue weighted by molar-refractivity contribution is 5.70. The van der Waals surface area contributed by atoms with Crippen LogP contribution in [0.2, 0.25) is 0 Å². The van der Waals surface area contributed by atoms with Crippen LogP contribution in [0.15, 0.2) is 36.5 Å². The lowest BCUT2D eigenvalue weighted by molar-refractivity contribution is -0.161. The number of rotatable bonds is 63. The minimum absolute atomic E-state index is 0.0580. The summed E-state index contributed by atoms with van der Waals surface area (Å²) < 4.78 is 10.7. The van der Waals surface area contributed by atoms with Crippen molar-refractivity contribution >= 4 is 11.9 Å². The Morgan fingerprint density at radius 3 is 0.811 bits per heavy atom. The van der Waals surface area contributed by atoms with Gasteiger partial charge >= 0.3 is 11.9 Å². The van der Waals surface area contributed by atoms with E-state index in [0.717, 1.165) is 44.9 Å². The van der Waals surface area contributed by atoms with Gasteiger partial charge in [-0.2, -0.15) is 0 Å². The predicted molar refractivity (Wildman–Crippen MR) is 325 cm³/mol. The van der Waals surface area contributed by atoms with E-state index in [-0.39, 0.29) is 25.2 Å². The molecule has 0 aromatic rings. The summed E-state index contributed by atoms with van der Waals surface area (Å²) >= 11 is 0. The molecule has 5 nitrogen and oxygen atoms in total. The van der Waals surface area contributed by atoms with Gasteiger partial charge in [0.1, 0.15) is 6.61 Å². The van der Waals surface area contributed by atoms with Crippen LogP contribution in [-0.2, 0) is 19.1 Å². The zero-order valence-corrected chi connectivity index (χ0v) is 50.1. The normalized spacial score (nSPS) is 12.3. The Hall–Kier alpha value is -1.88. The number of aliphatic hydroxyl groups is 1. The van der Waals surface area contributed by atoms with Crippen LogP contribution in [0.4, 0.5) is 0 Å². The van der Waals surface area contributed by atoms with Crippen molar-refractivity contribution in [3.63, 3.8) is 0 Å². The van der Waals surface area contributed by atoms with Crippen LogP contribution in [0.25, 0.3) is 0 Å². The van der Waals surface area contributed by atoms with E-state index in [0.29, 0.717) is 12.8 Å². The molecular weight excluding hydrogens is 909 g/mol. The zero-order valence-electron chi connectivity index (χ0n) is 50.1. The molecule has 1 atom stereocenters. The summed E-state index contributed by atoms with van der Waals surface area (Å²) in [6.45, 7) is 4.19. The molecule has 74 heavy (non-hydrogen) atoms. The number of carbonyl (C=O) groups is 2. The molecule has 0 aliphatic heterocycles. The number of aliphatic hydroxyl groups excluding tert-OH is 1. The maximum atomic E-state index is 12.3. The van der Waals surface area contributed by atoms with Crippen LogP contribution in [0, 0.1) is 0 Å². The second kappa shape index (κ2) is 65.4. The first-order valence-corrected chi connectivity index (χ1v) is 33.5. The predicted octanol–water partition coefficient (Wildman–Crippen LogP) is 23.0. The lowest BCUT2D eigenvalue weighted by Crippen LogP contribution is -2.28. The molecule has 0 amide bonds. The summed E-state index contributed by atoms with van der Waals surface area (Å²) in [6, 6.07) is 0. The lowest BCUT2D eigenvalue weighted by Gasteiger charge is -2.15. The van der Waals surface area contributed by atoms with Gasteiger partial charge in [0.05, 0.1) is 6.61 Å². The van der Waals surface area contributed by atoms with Crippen molar-refractivity contribution in [1.82, 2.24) is 0 Å². The molecule has 0 heterocycles. The standard InChI is InChI=1S/C69H130O5/c1-3-5-7-9-11-13-15-17-19-21-23-25-26-27-28-29-30-31-32-33-34-35-36-37-38-39-40-41-42-44-46-48-50-52-54-56-58-60-62-64-69(72)74-67(65-70)66-73-68(71)63-61-59-57-55-53-51-49-47-45-43-24-22-20-18-16-14-12-10-8-6-4-2/h15,17,21,23,26-27,67,70H,3-14,16,18-20,22,24-25,28-66H2,1-2H3/b17-15-,23-21-,27-26-. The SMILES string of the molecule is CCCCCCC/C=C\C/C=C\C/C=C\CCCCCCCCCCCCCCCCCCCCCCCCCCC(=O)OC(CO)COC(=O)CCCCCCCCCCCCCCCCCCCCCCC. The lowest BCUT2D eigenvalue weighted by atomic mass is 10.0. The van der Waals surface area contributed by atoms with E-state index in [1.54, 1.807) is 0 Å². The van der Waals surface area contributed by atoms with E-state index < -0.39 is 6.10 Å². The second-order valence-electron chi connectivity index (χ2n) is 22.9. The van der Waals surface area contributed by atoms with Crippen LogP contribution in [-0.4, -0.2) is 36.4 Å². The van der Waals surface area contributed by atoms with Crippen molar-refractivity contribution in [2.45, 2.75) is 380 Å². The van der Waals surface area contributed by atoms with Crippen molar-refractivity contribution < 1.29 is 24.2 Å². The molecule has 0 fully saturated rings. The minimum atomic E-state index is -0.768. The van der Waals surface area contributed by atoms with Gasteiger partial charge in [0.15, 0.2) is 6.10 Å². The van der Waals surface area contributed by atoms with Crippen LogP contribution < -0.4 is 0 Å². The van der Waals surface area contributed by atoms with Gasteiger partial charge in [0.25, 0.3) is 0 Å². The molecule has 0 aromatic carbocycles. The largest absolute Gasteiger partial charge is 0.462 e. The fraction of sp³-hybridized carbons (Fsp3) is 0.884. The Bertz CT molecular complexity index is 1170. The fourth-order valence-electron chi connectivity index (χ4n) is 10.4. The topological polar surface area (TPSA) is 72.8 Å². The molecule has 0 bridgehead atoms. The highest BCUT2D eigenvalue weighted by Gasteiger charge is 2.16. The van der Waals surface area contributed by atoms with Crippen LogP contribution >= 0.6 is 0 Å². The van der Waals surface area contributed by atoms with Gasteiger partial charge in [-0.25, -0.2) is 0 Å². The average molecular weight is 1040 g/mol. The van der Waals surface area contributed by atoms with E-state index in [4.69, 9.17) is 9.47 Å². The van der Waals surface area contributed by atoms with Gasteiger partial charge in [0, 0.05) is 12.8 Å². The summed E-state index contributed by atoms with van der Waals surface area (Å²) in [7, 11) is 0. The van der Waals surface area contributed by atoms with Crippen molar-refractivity contribution in [2.24, 2.45) is 0 Å². The quantitative estimate of drug-likeness (QED) is 0.0373. The number of hydrogen-bond acceptors (Lipinski definition) is 5. The van der Waals surface area contributed by atoms with Crippen LogP contribution in [0.5, 0.6) is 0 Å². The van der Waals surface area contributed by atoms with E-state index in [9.17, 15) is 14.7 Å². The summed E-state index contributed by atoms with van der Waals surface area (Å²) in [5.74, 6) is -0.565. The Labute approximate surface area is 463 Å². The van der Waals surface area contributed by atoms with Gasteiger partial charge in [-0.1, -0.05) is 346 Å². The van der Waals surface area contributed by atoms with Crippen LogP contribution in [0.1, 0.15) is 373 Å². The minimum Gasteiger partial charge on any atom is -0.462 e. The van der Waals surface area contributed by atoms with Crippen LogP contribution in [0.3, 0.4) is 0 Å². The molecule has 1 N–H and O–H groups in total. The third kappa shape index (κ3) is 62.7.